The molecule has 2 aromatic rings. The van der Waals surface area contributed by atoms with Gasteiger partial charge in [0.2, 0.25) is 0 Å². The van der Waals surface area contributed by atoms with Crippen molar-refractivity contribution in [3.8, 4) is 0 Å². The number of aromatic nitrogens is 1. The Morgan fingerprint density at radius 1 is 1.35 bits per heavy atom. The third kappa shape index (κ3) is 2.27. The quantitative estimate of drug-likeness (QED) is 0.754. The molecule has 0 unspecified atom stereocenters. The largest absolute Gasteiger partial charge is 0.308 e. The summed E-state index contributed by atoms with van der Waals surface area (Å²) in [5, 5.41) is 0.0273. The highest BCUT2D eigenvalue weighted by Gasteiger charge is 2.25. The lowest BCUT2D eigenvalue weighted by atomic mass is 10.0. The molecule has 0 saturated carbocycles. The topological polar surface area (TPSA) is 33.2 Å². The number of amides is 1. The van der Waals surface area contributed by atoms with Crippen LogP contribution in [-0.4, -0.2) is 17.4 Å². The summed E-state index contributed by atoms with van der Waals surface area (Å²) in [4.78, 5) is 17.9. The van der Waals surface area contributed by atoms with Gasteiger partial charge in [-0.25, -0.2) is 9.37 Å². The molecule has 0 saturated heterocycles. The molecule has 0 N–H and O–H groups in total. The standard InChI is InChI=1S/C15H12ClFN2O/c16-14-12(8-11(17)9-18-14)15(20)19-7-3-5-10-4-1-2-6-13(10)19/h1-2,4,6,8-9H,3,5,7H2. The summed E-state index contributed by atoms with van der Waals surface area (Å²) in [5.74, 6) is -0.878. The normalized spacial score (nSPS) is 14.0. The maximum absolute atomic E-state index is 13.3. The number of rotatable bonds is 1. The van der Waals surface area contributed by atoms with E-state index in [1.54, 1.807) is 4.90 Å². The Hall–Kier alpha value is -1.94. The second-order valence-corrected chi connectivity index (χ2v) is 5.04. The monoisotopic (exact) mass is 290 g/mol. The summed E-state index contributed by atoms with van der Waals surface area (Å²) in [7, 11) is 0. The van der Waals surface area contributed by atoms with Gasteiger partial charge in [-0.2, -0.15) is 0 Å². The van der Waals surface area contributed by atoms with E-state index in [0.29, 0.717) is 6.54 Å². The fourth-order valence-corrected chi connectivity index (χ4v) is 2.65. The Morgan fingerprint density at radius 2 is 2.15 bits per heavy atom. The van der Waals surface area contributed by atoms with Crippen LogP contribution < -0.4 is 4.90 Å². The van der Waals surface area contributed by atoms with E-state index in [1.807, 2.05) is 24.3 Å². The molecule has 5 heteroatoms. The highest BCUT2D eigenvalue weighted by molar-refractivity contribution is 6.33. The van der Waals surface area contributed by atoms with E-state index in [2.05, 4.69) is 4.98 Å². The van der Waals surface area contributed by atoms with Crippen LogP contribution in [-0.2, 0) is 6.42 Å². The number of anilines is 1. The van der Waals surface area contributed by atoms with Gasteiger partial charge in [-0.1, -0.05) is 29.8 Å². The molecule has 0 spiro atoms. The number of halogens is 2. The zero-order valence-corrected chi connectivity index (χ0v) is 11.4. The lowest BCUT2D eigenvalue weighted by Crippen LogP contribution is -2.35. The third-order valence-electron chi connectivity index (χ3n) is 3.39. The first kappa shape index (κ1) is 13.1. The van der Waals surface area contributed by atoms with E-state index in [-0.39, 0.29) is 16.6 Å². The van der Waals surface area contributed by atoms with Gasteiger partial charge in [0.05, 0.1) is 11.8 Å². The average Bonchev–Trinajstić information content (AvgIpc) is 2.48. The van der Waals surface area contributed by atoms with Crippen LogP contribution in [0.3, 0.4) is 0 Å². The molecular weight excluding hydrogens is 279 g/mol. The minimum atomic E-state index is -0.567. The summed E-state index contributed by atoms with van der Waals surface area (Å²) in [6.45, 7) is 0.600. The van der Waals surface area contributed by atoms with Gasteiger partial charge in [0.25, 0.3) is 5.91 Å². The number of para-hydroxylation sites is 1. The molecule has 1 amide bonds. The van der Waals surface area contributed by atoms with Gasteiger partial charge in [0, 0.05) is 12.2 Å². The van der Waals surface area contributed by atoms with Gasteiger partial charge >= 0.3 is 0 Å². The molecule has 20 heavy (non-hydrogen) atoms. The first-order valence-corrected chi connectivity index (χ1v) is 6.75. The van der Waals surface area contributed by atoms with Crippen molar-refractivity contribution in [2.45, 2.75) is 12.8 Å². The molecule has 2 heterocycles. The Labute approximate surface area is 121 Å². The molecule has 1 aliphatic rings. The molecule has 102 valence electrons. The third-order valence-corrected chi connectivity index (χ3v) is 3.69. The summed E-state index contributed by atoms with van der Waals surface area (Å²) in [6.07, 6.45) is 2.82. The van der Waals surface area contributed by atoms with Gasteiger partial charge in [0.15, 0.2) is 0 Å². The van der Waals surface area contributed by atoms with Crippen LogP contribution in [0.2, 0.25) is 5.15 Å². The van der Waals surface area contributed by atoms with Crippen molar-refractivity contribution >= 4 is 23.2 Å². The van der Waals surface area contributed by atoms with Crippen LogP contribution >= 0.6 is 11.6 Å². The van der Waals surface area contributed by atoms with Gasteiger partial charge in [-0.05, 0) is 30.5 Å². The van der Waals surface area contributed by atoms with Crippen LogP contribution in [0, 0.1) is 5.82 Å². The summed E-state index contributed by atoms with van der Waals surface area (Å²) >= 11 is 5.91. The second kappa shape index (κ2) is 5.21. The molecule has 1 aliphatic heterocycles. The van der Waals surface area contributed by atoms with Crippen molar-refractivity contribution in [1.82, 2.24) is 4.98 Å². The van der Waals surface area contributed by atoms with Gasteiger partial charge < -0.3 is 4.90 Å². The average molecular weight is 291 g/mol. The molecule has 0 radical (unpaired) electrons. The Morgan fingerprint density at radius 3 is 3.00 bits per heavy atom. The van der Waals surface area contributed by atoms with Crippen molar-refractivity contribution in [3.63, 3.8) is 0 Å². The maximum atomic E-state index is 13.3. The molecular formula is C15H12ClFN2O. The maximum Gasteiger partial charge on any atom is 0.261 e. The smallest absolute Gasteiger partial charge is 0.261 e. The van der Waals surface area contributed by atoms with Crippen molar-refractivity contribution in [2.75, 3.05) is 11.4 Å². The van der Waals surface area contributed by atoms with Crippen LogP contribution in [0.4, 0.5) is 10.1 Å². The second-order valence-electron chi connectivity index (χ2n) is 4.68. The predicted molar refractivity (Wildman–Crippen MR) is 75.6 cm³/mol. The number of fused-ring (bicyclic) bond motifs is 1. The Bertz CT molecular complexity index is 675. The van der Waals surface area contributed by atoms with Crippen LogP contribution in [0.5, 0.6) is 0 Å². The molecule has 0 atom stereocenters. The fourth-order valence-electron chi connectivity index (χ4n) is 2.46. The molecule has 1 aromatic heterocycles. The van der Waals surface area contributed by atoms with Crippen LogP contribution in [0.15, 0.2) is 36.5 Å². The number of nitrogens with zero attached hydrogens (tertiary/aromatic N) is 2. The van der Waals surface area contributed by atoms with Crippen molar-refractivity contribution in [1.29, 1.82) is 0 Å². The SMILES string of the molecule is O=C(c1cc(F)cnc1Cl)N1CCCc2ccccc21. The zero-order chi connectivity index (χ0) is 14.1. The van der Waals surface area contributed by atoms with E-state index in [0.717, 1.165) is 36.4 Å². The van der Waals surface area contributed by atoms with E-state index >= 15 is 0 Å². The minimum absolute atomic E-state index is 0.0273. The first-order chi connectivity index (χ1) is 9.66. The summed E-state index contributed by atoms with van der Waals surface area (Å²) in [6, 6.07) is 8.86. The lowest BCUT2D eigenvalue weighted by Gasteiger charge is -2.29. The predicted octanol–water partition coefficient (Wildman–Crippen LogP) is 3.47. The highest BCUT2D eigenvalue weighted by Crippen LogP contribution is 2.29. The molecule has 1 aromatic carbocycles. The minimum Gasteiger partial charge on any atom is -0.308 e. The van der Waals surface area contributed by atoms with Gasteiger partial charge in [-0.3, -0.25) is 4.79 Å². The molecule has 3 nitrogen and oxygen atoms in total. The number of hydrogen-bond donors (Lipinski definition) is 0. The van der Waals surface area contributed by atoms with Crippen molar-refractivity contribution in [2.24, 2.45) is 0 Å². The van der Waals surface area contributed by atoms with Gasteiger partial charge in [0.1, 0.15) is 11.0 Å². The molecule has 0 bridgehead atoms. The lowest BCUT2D eigenvalue weighted by molar-refractivity contribution is 0.0984. The van der Waals surface area contributed by atoms with E-state index < -0.39 is 5.82 Å². The van der Waals surface area contributed by atoms with E-state index in [1.165, 1.54) is 0 Å². The van der Waals surface area contributed by atoms with Crippen molar-refractivity contribution in [3.05, 3.63) is 58.6 Å². The summed E-state index contributed by atoms with van der Waals surface area (Å²) < 4.78 is 13.3. The van der Waals surface area contributed by atoms with Crippen LogP contribution in [0.25, 0.3) is 0 Å². The molecule has 0 aliphatic carbocycles. The molecule has 0 fully saturated rings. The van der Waals surface area contributed by atoms with Gasteiger partial charge in [-0.15, -0.1) is 0 Å². The highest BCUT2D eigenvalue weighted by atomic mass is 35.5. The number of hydrogen-bond acceptors (Lipinski definition) is 2. The van der Waals surface area contributed by atoms with Crippen molar-refractivity contribution < 1.29 is 9.18 Å². The van der Waals surface area contributed by atoms with E-state index in [9.17, 15) is 9.18 Å². The summed E-state index contributed by atoms with van der Waals surface area (Å²) in [5.41, 5.74) is 2.08. The number of carbonyl (C=O) groups is 1. The number of benzene rings is 1. The Kier molecular flexibility index (Phi) is 3.40. The van der Waals surface area contributed by atoms with Crippen LogP contribution in [0.1, 0.15) is 22.3 Å². The zero-order valence-electron chi connectivity index (χ0n) is 10.6. The number of aryl methyl sites for hydroxylation is 1. The first-order valence-electron chi connectivity index (χ1n) is 6.37. The fraction of sp³-hybridized carbons (Fsp3) is 0.200. The number of carbonyl (C=O) groups excluding carboxylic acids is 1. The number of pyridine rings is 1. The molecule has 3 rings (SSSR count). The van der Waals surface area contributed by atoms with E-state index in [4.69, 9.17) is 11.6 Å². The Balaban J connectivity index is 2.02.